The van der Waals surface area contributed by atoms with Crippen LogP contribution >= 0.6 is 0 Å². The lowest BCUT2D eigenvalue weighted by Gasteiger charge is -2.12. The molecule has 2 aromatic heterocycles. The number of fused-ring (bicyclic) bond motifs is 2. The van der Waals surface area contributed by atoms with Crippen LogP contribution < -0.4 is 0 Å². The first kappa shape index (κ1) is 16.1. The number of carboxylic acid groups (broad SMARTS) is 1. The van der Waals surface area contributed by atoms with Crippen molar-refractivity contribution in [3.05, 3.63) is 71.0 Å². The van der Waals surface area contributed by atoms with Crippen molar-refractivity contribution in [2.24, 2.45) is 0 Å². The number of nitrogens with one attached hydrogen (secondary N) is 1. The Hall–Kier alpha value is -3.34. The molecule has 0 aliphatic carbocycles. The number of aromatic nitrogens is 2. The molecule has 0 aliphatic rings. The summed E-state index contributed by atoms with van der Waals surface area (Å²) in [6, 6.07) is 13.3. The minimum absolute atomic E-state index is 0.0832. The van der Waals surface area contributed by atoms with E-state index in [9.17, 15) is 15.0 Å². The van der Waals surface area contributed by atoms with Crippen LogP contribution in [0, 0.1) is 0 Å². The second kappa shape index (κ2) is 6.19. The zero-order valence-corrected chi connectivity index (χ0v) is 14.3. The Bertz CT molecular complexity index is 1140. The molecule has 4 rings (SSSR count). The fourth-order valence-electron chi connectivity index (χ4n) is 3.47. The van der Waals surface area contributed by atoms with Gasteiger partial charge in [0.05, 0.1) is 11.2 Å². The fraction of sp³-hybridized carbons (Fsp3) is 0.143. The molecule has 0 saturated carbocycles. The van der Waals surface area contributed by atoms with Gasteiger partial charge in [0.25, 0.3) is 0 Å². The SMILES string of the molecule is CCc1cccc2c(C(=O)O)c(O)c(Cc3c[nH]c4ccccc34)nc12. The molecule has 0 spiro atoms. The van der Waals surface area contributed by atoms with Crippen molar-refractivity contribution in [3.8, 4) is 5.75 Å². The molecule has 26 heavy (non-hydrogen) atoms. The van der Waals surface area contributed by atoms with Gasteiger partial charge in [0.2, 0.25) is 0 Å². The van der Waals surface area contributed by atoms with E-state index in [1.807, 2.05) is 43.5 Å². The van der Waals surface area contributed by atoms with E-state index in [-0.39, 0.29) is 11.3 Å². The molecular weight excluding hydrogens is 328 g/mol. The Morgan fingerprint density at radius 3 is 2.62 bits per heavy atom. The molecular formula is C21H18N2O3. The van der Waals surface area contributed by atoms with Crippen molar-refractivity contribution < 1.29 is 15.0 Å². The molecule has 0 radical (unpaired) electrons. The van der Waals surface area contributed by atoms with Crippen LogP contribution in [0.15, 0.2) is 48.7 Å². The Morgan fingerprint density at radius 1 is 1.08 bits per heavy atom. The topological polar surface area (TPSA) is 86.2 Å². The highest BCUT2D eigenvalue weighted by atomic mass is 16.4. The van der Waals surface area contributed by atoms with Crippen LogP contribution in [0.4, 0.5) is 0 Å². The number of para-hydroxylation sites is 2. The van der Waals surface area contributed by atoms with Gasteiger partial charge in [-0.15, -0.1) is 0 Å². The molecule has 0 saturated heterocycles. The van der Waals surface area contributed by atoms with E-state index in [1.54, 1.807) is 12.1 Å². The Labute approximate surface area is 149 Å². The number of aryl methyl sites for hydroxylation is 1. The van der Waals surface area contributed by atoms with Crippen LogP contribution in [-0.4, -0.2) is 26.2 Å². The van der Waals surface area contributed by atoms with Crippen LogP contribution in [0.5, 0.6) is 5.75 Å². The van der Waals surface area contributed by atoms with Crippen LogP contribution in [0.1, 0.15) is 34.1 Å². The number of aromatic carboxylic acids is 1. The van der Waals surface area contributed by atoms with E-state index in [0.717, 1.165) is 28.5 Å². The van der Waals surface area contributed by atoms with Gasteiger partial charge in [-0.05, 0) is 23.6 Å². The maximum Gasteiger partial charge on any atom is 0.340 e. The second-order valence-corrected chi connectivity index (χ2v) is 6.29. The summed E-state index contributed by atoms with van der Waals surface area (Å²) in [6.45, 7) is 2.00. The van der Waals surface area contributed by atoms with Gasteiger partial charge in [0.1, 0.15) is 5.56 Å². The summed E-state index contributed by atoms with van der Waals surface area (Å²) >= 11 is 0. The molecule has 0 unspecified atom stereocenters. The maximum absolute atomic E-state index is 11.8. The fourth-order valence-corrected chi connectivity index (χ4v) is 3.47. The zero-order chi connectivity index (χ0) is 18.3. The molecule has 2 heterocycles. The predicted molar refractivity (Wildman–Crippen MR) is 101 cm³/mol. The number of H-pyrrole nitrogens is 1. The number of hydrogen-bond donors (Lipinski definition) is 3. The first-order valence-corrected chi connectivity index (χ1v) is 8.52. The maximum atomic E-state index is 11.8. The van der Waals surface area contributed by atoms with E-state index in [2.05, 4.69) is 9.97 Å². The molecule has 0 fully saturated rings. The number of pyridine rings is 1. The van der Waals surface area contributed by atoms with E-state index >= 15 is 0 Å². The monoisotopic (exact) mass is 346 g/mol. The molecule has 3 N–H and O–H groups in total. The number of rotatable bonds is 4. The summed E-state index contributed by atoms with van der Waals surface area (Å²) in [5, 5.41) is 21.8. The van der Waals surface area contributed by atoms with Crippen LogP contribution in [0.25, 0.3) is 21.8 Å². The van der Waals surface area contributed by atoms with Gasteiger partial charge in [-0.1, -0.05) is 43.3 Å². The number of nitrogens with zero attached hydrogens (tertiary/aromatic N) is 1. The second-order valence-electron chi connectivity index (χ2n) is 6.29. The number of hydrogen-bond acceptors (Lipinski definition) is 3. The Balaban J connectivity index is 1.95. The summed E-state index contributed by atoms with van der Waals surface area (Å²) in [4.78, 5) is 19.7. The van der Waals surface area contributed by atoms with E-state index in [0.29, 0.717) is 23.0 Å². The number of aromatic amines is 1. The minimum Gasteiger partial charge on any atom is -0.505 e. The average molecular weight is 346 g/mol. The highest BCUT2D eigenvalue weighted by molar-refractivity contribution is 6.06. The van der Waals surface area contributed by atoms with Gasteiger partial charge in [-0.3, -0.25) is 0 Å². The summed E-state index contributed by atoms with van der Waals surface area (Å²) in [7, 11) is 0. The van der Waals surface area contributed by atoms with Crippen molar-refractivity contribution in [1.82, 2.24) is 9.97 Å². The lowest BCUT2D eigenvalue weighted by Crippen LogP contribution is -2.05. The number of aromatic hydroxyl groups is 1. The quantitative estimate of drug-likeness (QED) is 0.515. The van der Waals surface area contributed by atoms with Gasteiger partial charge in [0.15, 0.2) is 5.75 Å². The van der Waals surface area contributed by atoms with Crippen molar-refractivity contribution in [2.75, 3.05) is 0 Å². The third-order valence-electron chi connectivity index (χ3n) is 4.77. The third kappa shape index (κ3) is 2.49. The number of carboxylic acids is 1. The van der Waals surface area contributed by atoms with E-state index in [4.69, 9.17) is 0 Å². The Kier molecular flexibility index (Phi) is 3.84. The van der Waals surface area contributed by atoms with E-state index < -0.39 is 5.97 Å². The van der Waals surface area contributed by atoms with Crippen molar-refractivity contribution in [2.45, 2.75) is 19.8 Å². The van der Waals surface area contributed by atoms with Gasteiger partial charge in [0, 0.05) is 28.9 Å². The highest BCUT2D eigenvalue weighted by Gasteiger charge is 2.21. The largest absolute Gasteiger partial charge is 0.505 e. The molecule has 0 atom stereocenters. The van der Waals surface area contributed by atoms with E-state index in [1.165, 1.54) is 0 Å². The summed E-state index contributed by atoms with van der Waals surface area (Å²) in [5.74, 6) is -1.41. The van der Waals surface area contributed by atoms with Gasteiger partial charge >= 0.3 is 5.97 Å². The van der Waals surface area contributed by atoms with Gasteiger partial charge in [-0.25, -0.2) is 9.78 Å². The highest BCUT2D eigenvalue weighted by Crippen LogP contribution is 2.33. The predicted octanol–water partition coefficient (Wildman–Crippen LogP) is 4.27. The Morgan fingerprint density at radius 2 is 1.85 bits per heavy atom. The molecule has 0 amide bonds. The normalized spacial score (nSPS) is 11.3. The minimum atomic E-state index is -1.15. The molecule has 2 aromatic carbocycles. The lowest BCUT2D eigenvalue weighted by atomic mass is 9.99. The third-order valence-corrected chi connectivity index (χ3v) is 4.77. The molecule has 5 nitrogen and oxygen atoms in total. The van der Waals surface area contributed by atoms with Crippen LogP contribution in [-0.2, 0) is 12.8 Å². The summed E-state index contributed by atoms with van der Waals surface area (Å²) in [6.07, 6.45) is 2.97. The summed E-state index contributed by atoms with van der Waals surface area (Å²) < 4.78 is 0. The smallest absolute Gasteiger partial charge is 0.340 e. The van der Waals surface area contributed by atoms with Crippen molar-refractivity contribution in [1.29, 1.82) is 0 Å². The first-order valence-electron chi connectivity index (χ1n) is 8.52. The van der Waals surface area contributed by atoms with Crippen molar-refractivity contribution >= 4 is 27.8 Å². The molecule has 5 heteroatoms. The van der Waals surface area contributed by atoms with Crippen molar-refractivity contribution in [3.63, 3.8) is 0 Å². The number of benzene rings is 2. The summed E-state index contributed by atoms with van der Waals surface area (Å²) in [5.41, 5.74) is 3.86. The lowest BCUT2D eigenvalue weighted by molar-refractivity contribution is 0.0695. The van der Waals surface area contributed by atoms with Gasteiger partial charge in [-0.2, -0.15) is 0 Å². The molecule has 4 aromatic rings. The molecule has 0 aliphatic heterocycles. The molecule has 130 valence electrons. The van der Waals surface area contributed by atoms with Gasteiger partial charge < -0.3 is 15.2 Å². The van der Waals surface area contributed by atoms with Crippen LogP contribution in [0.2, 0.25) is 0 Å². The number of carbonyl (C=O) groups is 1. The average Bonchev–Trinajstić information content (AvgIpc) is 3.04. The first-order chi connectivity index (χ1) is 12.6. The standard InChI is InChI=1S/C21H18N2O3/c1-2-12-6-5-8-15-18(21(25)26)20(24)17(23-19(12)15)10-13-11-22-16-9-4-3-7-14(13)16/h3-9,11,22,24H,2,10H2,1H3,(H,25,26). The van der Waals surface area contributed by atoms with Crippen LogP contribution in [0.3, 0.4) is 0 Å². The zero-order valence-electron chi connectivity index (χ0n) is 14.3. The molecule has 0 bridgehead atoms.